The molecule has 0 aromatic heterocycles. The maximum atomic E-state index is 13.0. The van der Waals surface area contributed by atoms with Gasteiger partial charge in [0.05, 0.1) is 36.7 Å². The standard InChI is InChI=1S/C26H23N3O5/c1-29(34-3)25(31)17-9-12-19(13-10-17)27-23(16-7-5-4-6-8-16)22-20-14-11-18(26(32)33-2)15-21(20)28-24(22)30/h4-15,27H,1-3H3,(H,28,30)/b23-22+. The van der Waals surface area contributed by atoms with Gasteiger partial charge in [0.25, 0.3) is 11.8 Å². The van der Waals surface area contributed by atoms with Crippen molar-refractivity contribution in [3.8, 4) is 0 Å². The molecule has 4 rings (SSSR count). The number of esters is 1. The number of nitrogens with zero attached hydrogens (tertiary/aromatic N) is 1. The van der Waals surface area contributed by atoms with Crippen LogP contribution in [0.5, 0.6) is 0 Å². The Balaban J connectivity index is 1.76. The zero-order valence-electron chi connectivity index (χ0n) is 18.9. The molecule has 8 nitrogen and oxygen atoms in total. The van der Waals surface area contributed by atoms with E-state index in [0.717, 1.165) is 10.6 Å². The van der Waals surface area contributed by atoms with Crippen LogP contribution < -0.4 is 10.6 Å². The average Bonchev–Trinajstić information content (AvgIpc) is 3.21. The van der Waals surface area contributed by atoms with E-state index < -0.39 is 5.97 Å². The number of amides is 2. The lowest BCUT2D eigenvalue weighted by atomic mass is 9.99. The van der Waals surface area contributed by atoms with Gasteiger partial charge in [0.1, 0.15) is 0 Å². The minimum atomic E-state index is -0.482. The summed E-state index contributed by atoms with van der Waals surface area (Å²) in [6.45, 7) is 0. The molecule has 0 radical (unpaired) electrons. The van der Waals surface area contributed by atoms with Crippen LogP contribution in [0.4, 0.5) is 11.4 Å². The van der Waals surface area contributed by atoms with E-state index in [4.69, 9.17) is 9.57 Å². The second kappa shape index (κ2) is 9.60. The van der Waals surface area contributed by atoms with Crippen LogP contribution in [-0.4, -0.2) is 44.1 Å². The second-order valence-corrected chi connectivity index (χ2v) is 7.51. The Morgan fingerprint density at radius 2 is 1.56 bits per heavy atom. The van der Waals surface area contributed by atoms with E-state index in [1.807, 2.05) is 30.3 Å². The first-order chi connectivity index (χ1) is 16.4. The highest BCUT2D eigenvalue weighted by Gasteiger charge is 2.29. The molecule has 8 heteroatoms. The summed E-state index contributed by atoms with van der Waals surface area (Å²) in [5, 5.41) is 7.32. The van der Waals surface area contributed by atoms with Crippen LogP contribution >= 0.6 is 0 Å². The largest absolute Gasteiger partial charge is 0.465 e. The Morgan fingerprint density at radius 1 is 0.882 bits per heavy atom. The number of hydrogen-bond donors (Lipinski definition) is 2. The molecule has 3 aromatic rings. The monoisotopic (exact) mass is 457 g/mol. The van der Waals surface area contributed by atoms with Gasteiger partial charge >= 0.3 is 5.97 Å². The zero-order chi connectivity index (χ0) is 24.2. The Kier molecular flexibility index (Phi) is 6.42. The van der Waals surface area contributed by atoms with Crippen molar-refractivity contribution in [3.05, 3.63) is 95.1 Å². The lowest BCUT2D eigenvalue weighted by Crippen LogP contribution is -2.25. The molecule has 2 N–H and O–H groups in total. The van der Waals surface area contributed by atoms with Crippen molar-refractivity contribution in [1.29, 1.82) is 0 Å². The van der Waals surface area contributed by atoms with Gasteiger partial charge in [-0.2, -0.15) is 0 Å². The Labute approximate surface area is 196 Å². The minimum absolute atomic E-state index is 0.277. The predicted molar refractivity (Wildman–Crippen MR) is 129 cm³/mol. The van der Waals surface area contributed by atoms with E-state index in [1.165, 1.54) is 21.3 Å². The molecule has 0 atom stereocenters. The van der Waals surface area contributed by atoms with Crippen molar-refractivity contribution < 1.29 is 24.0 Å². The molecular formula is C26H23N3O5. The van der Waals surface area contributed by atoms with Gasteiger partial charge in [-0.3, -0.25) is 14.4 Å². The third-order valence-electron chi connectivity index (χ3n) is 5.46. The quantitative estimate of drug-likeness (QED) is 0.330. The molecule has 3 aromatic carbocycles. The van der Waals surface area contributed by atoms with Crippen LogP contribution in [0.3, 0.4) is 0 Å². The van der Waals surface area contributed by atoms with Gasteiger partial charge in [0.15, 0.2) is 0 Å². The fraction of sp³-hybridized carbons (Fsp3) is 0.115. The molecule has 2 amide bonds. The normalized spacial score (nSPS) is 13.6. The van der Waals surface area contributed by atoms with E-state index in [-0.39, 0.29) is 11.8 Å². The summed E-state index contributed by atoms with van der Waals surface area (Å²) in [7, 11) is 4.27. The summed E-state index contributed by atoms with van der Waals surface area (Å²) >= 11 is 0. The Bertz CT molecular complexity index is 1280. The highest BCUT2D eigenvalue weighted by atomic mass is 16.7. The Morgan fingerprint density at radius 3 is 2.21 bits per heavy atom. The molecule has 1 heterocycles. The molecule has 1 aliphatic rings. The summed E-state index contributed by atoms with van der Waals surface area (Å²) in [6.07, 6.45) is 0. The lowest BCUT2D eigenvalue weighted by Gasteiger charge is -2.16. The number of anilines is 2. The van der Waals surface area contributed by atoms with E-state index in [1.54, 1.807) is 42.5 Å². The number of nitrogens with one attached hydrogen (secondary N) is 2. The maximum Gasteiger partial charge on any atom is 0.337 e. The van der Waals surface area contributed by atoms with E-state index in [9.17, 15) is 14.4 Å². The van der Waals surface area contributed by atoms with Crippen LogP contribution in [0.2, 0.25) is 0 Å². The molecule has 1 aliphatic heterocycles. The van der Waals surface area contributed by atoms with E-state index in [2.05, 4.69) is 10.6 Å². The van der Waals surface area contributed by atoms with Crippen molar-refractivity contribution in [1.82, 2.24) is 5.06 Å². The molecule has 0 saturated heterocycles. The molecule has 0 spiro atoms. The molecular weight excluding hydrogens is 434 g/mol. The number of methoxy groups -OCH3 is 1. The van der Waals surface area contributed by atoms with Crippen molar-refractivity contribution in [2.75, 3.05) is 31.9 Å². The number of ether oxygens (including phenoxy) is 1. The highest BCUT2D eigenvalue weighted by molar-refractivity contribution is 6.37. The van der Waals surface area contributed by atoms with E-state index >= 15 is 0 Å². The zero-order valence-corrected chi connectivity index (χ0v) is 18.9. The summed E-state index contributed by atoms with van der Waals surface area (Å²) in [5.74, 6) is -1.05. The van der Waals surface area contributed by atoms with Gasteiger partial charge in [-0.1, -0.05) is 36.4 Å². The SMILES string of the molecule is COC(=O)c1ccc2c(c1)NC(=O)/C2=C(/Nc1ccc(C(=O)N(C)OC)cc1)c1ccccc1. The van der Waals surface area contributed by atoms with Gasteiger partial charge in [-0.25, -0.2) is 9.86 Å². The lowest BCUT2D eigenvalue weighted by molar-refractivity contribution is -0.110. The summed E-state index contributed by atoms with van der Waals surface area (Å²) < 4.78 is 4.78. The predicted octanol–water partition coefficient (Wildman–Crippen LogP) is 4.04. The first-order valence-corrected chi connectivity index (χ1v) is 10.5. The molecule has 0 saturated carbocycles. The minimum Gasteiger partial charge on any atom is -0.465 e. The van der Waals surface area contributed by atoms with Crippen LogP contribution in [0.15, 0.2) is 72.8 Å². The number of rotatable bonds is 6. The van der Waals surface area contributed by atoms with Crippen LogP contribution in [0, 0.1) is 0 Å². The van der Waals surface area contributed by atoms with Crippen LogP contribution in [0.25, 0.3) is 11.3 Å². The highest BCUT2D eigenvalue weighted by Crippen LogP contribution is 2.38. The fourth-order valence-electron chi connectivity index (χ4n) is 3.65. The van der Waals surface area contributed by atoms with Crippen molar-refractivity contribution in [2.45, 2.75) is 0 Å². The van der Waals surface area contributed by atoms with Gasteiger partial charge in [0.2, 0.25) is 0 Å². The molecule has 0 bridgehead atoms. The third-order valence-corrected chi connectivity index (χ3v) is 5.46. The van der Waals surface area contributed by atoms with Crippen molar-refractivity contribution >= 4 is 40.4 Å². The third kappa shape index (κ3) is 4.39. The Hall–Kier alpha value is -4.43. The van der Waals surface area contributed by atoms with Crippen LogP contribution in [0.1, 0.15) is 31.8 Å². The summed E-state index contributed by atoms with van der Waals surface area (Å²) in [5.41, 5.74) is 4.53. The van der Waals surface area contributed by atoms with E-state index in [0.29, 0.717) is 39.3 Å². The molecule has 34 heavy (non-hydrogen) atoms. The number of fused-ring (bicyclic) bond motifs is 1. The summed E-state index contributed by atoms with van der Waals surface area (Å²) in [4.78, 5) is 42.2. The van der Waals surface area contributed by atoms with Gasteiger partial charge < -0.3 is 15.4 Å². The number of carbonyl (C=O) groups is 3. The number of hydrogen-bond acceptors (Lipinski definition) is 6. The average molecular weight is 457 g/mol. The number of carbonyl (C=O) groups excluding carboxylic acids is 3. The van der Waals surface area contributed by atoms with Gasteiger partial charge in [-0.15, -0.1) is 0 Å². The van der Waals surface area contributed by atoms with Crippen LogP contribution in [-0.2, 0) is 14.4 Å². The molecule has 0 fully saturated rings. The number of benzene rings is 3. The molecule has 0 unspecified atom stereocenters. The summed E-state index contributed by atoms with van der Waals surface area (Å²) in [6, 6.07) is 21.3. The van der Waals surface area contributed by atoms with Gasteiger partial charge in [-0.05, 0) is 42.0 Å². The van der Waals surface area contributed by atoms with Gasteiger partial charge in [0, 0.05) is 23.9 Å². The van der Waals surface area contributed by atoms with Crippen molar-refractivity contribution in [3.63, 3.8) is 0 Å². The number of hydroxylamine groups is 2. The first kappa shape index (κ1) is 22.8. The second-order valence-electron chi connectivity index (χ2n) is 7.51. The maximum absolute atomic E-state index is 13.0. The first-order valence-electron chi connectivity index (χ1n) is 10.5. The smallest absolute Gasteiger partial charge is 0.337 e. The molecule has 172 valence electrons. The van der Waals surface area contributed by atoms with Crippen molar-refractivity contribution in [2.24, 2.45) is 0 Å². The molecule has 0 aliphatic carbocycles. The topological polar surface area (TPSA) is 97.0 Å². The fourth-order valence-corrected chi connectivity index (χ4v) is 3.65.